The molecule has 4 heterocycles. The molecule has 3 N–H and O–H groups in total. The first-order valence-electron chi connectivity index (χ1n) is 7.83. The number of aliphatic hydroxyl groups excluding tert-OH is 2. The van der Waals surface area contributed by atoms with E-state index < -0.39 is 31.0 Å². The molecule has 0 radical (unpaired) electrons. The normalized spacial score (nSPS) is 30.9. The van der Waals surface area contributed by atoms with Crippen LogP contribution in [0.1, 0.15) is 18.0 Å². The van der Waals surface area contributed by atoms with E-state index in [2.05, 4.69) is 15.3 Å². The number of hydrogen-bond acceptors (Lipinski definition) is 6. The summed E-state index contributed by atoms with van der Waals surface area (Å²) >= 11 is 0. The second-order valence-electron chi connectivity index (χ2n) is 6.07. The molecule has 1 fully saturated rings. The summed E-state index contributed by atoms with van der Waals surface area (Å²) in [5.41, 5.74) is 1.72. The number of halogens is 1. The molecule has 1 saturated heterocycles. The number of anilines is 1. The fourth-order valence-corrected chi connectivity index (χ4v) is 3.46. The van der Waals surface area contributed by atoms with Crippen molar-refractivity contribution in [2.24, 2.45) is 0 Å². The minimum absolute atomic E-state index is 0.0828. The average molecular weight is 322 g/mol. The van der Waals surface area contributed by atoms with E-state index in [-0.39, 0.29) is 6.61 Å². The molecule has 4 rings (SSSR count). The van der Waals surface area contributed by atoms with E-state index in [4.69, 9.17) is 9.84 Å². The Morgan fingerprint density at radius 3 is 3.13 bits per heavy atom. The minimum Gasteiger partial charge on any atom is -0.394 e. The molecule has 4 atom stereocenters. The van der Waals surface area contributed by atoms with E-state index in [1.54, 1.807) is 4.57 Å². The molecule has 2 aromatic rings. The Morgan fingerprint density at radius 1 is 1.43 bits per heavy atom. The van der Waals surface area contributed by atoms with Gasteiger partial charge in [0, 0.05) is 12.7 Å². The minimum atomic E-state index is -1.53. The zero-order chi connectivity index (χ0) is 16.0. The van der Waals surface area contributed by atoms with Crippen LogP contribution in [0.2, 0.25) is 0 Å². The standard InChI is InChI=1S/C15H19FN4O3/c16-12-9(6-23-10(5-21)13(12)22)20-4-8-2-1-3-17-14-11(8)15(20)19-7-18-14/h4,7,9-10,12-13,21-22H,1-3,5-6H2,(H,17,18,19)/t9-,10-,12-,13?/m1/s1. The molecule has 2 aromatic heterocycles. The van der Waals surface area contributed by atoms with Gasteiger partial charge < -0.3 is 24.8 Å². The molecule has 0 spiro atoms. The van der Waals surface area contributed by atoms with Crippen LogP contribution in [0.15, 0.2) is 12.5 Å². The maximum atomic E-state index is 14.7. The highest BCUT2D eigenvalue weighted by Gasteiger charge is 2.41. The SMILES string of the molecule is OC[C@H]1OC[C@@H](n2cc3c4c(ncnc42)NCCC3)[C@@H](F)C1O. The third kappa shape index (κ3) is 2.29. The van der Waals surface area contributed by atoms with Gasteiger partial charge in [0.05, 0.1) is 24.6 Å². The third-order valence-corrected chi connectivity index (χ3v) is 4.70. The Balaban J connectivity index is 1.78. The summed E-state index contributed by atoms with van der Waals surface area (Å²) < 4.78 is 21.8. The highest BCUT2D eigenvalue weighted by atomic mass is 19.1. The molecule has 0 aromatic carbocycles. The summed E-state index contributed by atoms with van der Waals surface area (Å²) in [6, 6.07) is -0.675. The lowest BCUT2D eigenvalue weighted by Crippen LogP contribution is -2.50. The molecule has 0 saturated carbocycles. The van der Waals surface area contributed by atoms with Crippen LogP contribution in [0, 0.1) is 0 Å². The zero-order valence-corrected chi connectivity index (χ0v) is 12.5. The van der Waals surface area contributed by atoms with Crippen molar-refractivity contribution in [3.05, 3.63) is 18.1 Å². The summed E-state index contributed by atoms with van der Waals surface area (Å²) in [5.74, 6) is 0.766. The molecular weight excluding hydrogens is 303 g/mol. The Morgan fingerprint density at radius 2 is 2.30 bits per heavy atom. The lowest BCUT2D eigenvalue weighted by atomic mass is 9.99. The molecule has 124 valence electrons. The first kappa shape index (κ1) is 14.8. The number of aryl methyl sites for hydroxylation is 1. The second-order valence-corrected chi connectivity index (χ2v) is 6.07. The predicted octanol–water partition coefficient (Wildman–Crippen LogP) is 0.421. The molecule has 0 amide bonds. The first-order chi connectivity index (χ1) is 11.2. The summed E-state index contributed by atoms with van der Waals surface area (Å²) in [5, 5.41) is 23.3. The van der Waals surface area contributed by atoms with Gasteiger partial charge in [0.1, 0.15) is 30.0 Å². The largest absolute Gasteiger partial charge is 0.394 e. The second kappa shape index (κ2) is 5.70. The van der Waals surface area contributed by atoms with Gasteiger partial charge in [-0.1, -0.05) is 0 Å². The van der Waals surface area contributed by atoms with Crippen LogP contribution in [0.5, 0.6) is 0 Å². The lowest BCUT2D eigenvalue weighted by molar-refractivity contribution is -0.148. The number of nitrogens with zero attached hydrogens (tertiary/aromatic N) is 3. The van der Waals surface area contributed by atoms with Crippen molar-refractivity contribution in [2.45, 2.75) is 37.3 Å². The van der Waals surface area contributed by atoms with Crippen molar-refractivity contribution >= 4 is 16.9 Å². The molecule has 0 bridgehead atoms. The number of alkyl halides is 1. The fourth-order valence-electron chi connectivity index (χ4n) is 3.46. The van der Waals surface area contributed by atoms with Crippen LogP contribution in [-0.4, -0.2) is 62.9 Å². The highest BCUT2D eigenvalue weighted by Crippen LogP contribution is 2.35. The summed E-state index contributed by atoms with van der Waals surface area (Å²) in [4.78, 5) is 8.59. The number of ether oxygens (including phenoxy) is 1. The molecule has 1 unspecified atom stereocenters. The Kier molecular flexibility index (Phi) is 3.67. The van der Waals surface area contributed by atoms with Gasteiger partial charge in [-0.2, -0.15) is 0 Å². The predicted molar refractivity (Wildman–Crippen MR) is 81.1 cm³/mol. The van der Waals surface area contributed by atoms with Crippen LogP contribution in [-0.2, 0) is 11.2 Å². The van der Waals surface area contributed by atoms with E-state index in [0.717, 1.165) is 36.2 Å². The topological polar surface area (TPSA) is 92.4 Å². The van der Waals surface area contributed by atoms with Crippen LogP contribution in [0.4, 0.5) is 10.2 Å². The number of hydrogen-bond donors (Lipinski definition) is 3. The fraction of sp³-hybridized carbons (Fsp3) is 0.600. The molecule has 2 aliphatic heterocycles. The van der Waals surface area contributed by atoms with Gasteiger partial charge in [0.15, 0.2) is 6.17 Å². The number of aromatic nitrogens is 3. The smallest absolute Gasteiger partial charge is 0.151 e. The van der Waals surface area contributed by atoms with Crippen LogP contribution < -0.4 is 5.32 Å². The maximum absolute atomic E-state index is 14.7. The van der Waals surface area contributed by atoms with Crippen LogP contribution >= 0.6 is 0 Å². The number of aliphatic hydroxyl groups is 2. The van der Waals surface area contributed by atoms with E-state index in [9.17, 15) is 9.50 Å². The van der Waals surface area contributed by atoms with Crippen molar-refractivity contribution in [3.8, 4) is 0 Å². The van der Waals surface area contributed by atoms with Gasteiger partial charge in [-0.25, -0.2) is 14.4 Å². The molecule has 8 heteroatoms. The lowest BCUT2D eigenvalue weighted by Gasteiger charge is -2.36. The van der Waals surface area contributed by atoms with Crippen LogP contribution in [0.3, 0.4) is 0 Å². The summed E-state index contributed by atoms with van der Waals surface area (Å²) in [6.45, 7) is 0.525. The Labute approximate surface area is 132 Å². The highest BCUT2D eigenvalue weighted by molar-refractivity contribution is 5.91. The number of nitrogens with one attached hydrogen (secondary N) is 1. The van der Waals surface area contributed by atoms with Crippen molar-refractivity contribution in [1.82, 2.24) is 14.5 Å². The van der Waals surface area contributed by atoms with Crippen LogP contribution in [0.25, 0.3) is 11.0 Å². The molecule has 2 aliphatic rings. The molecule has 0 aliphatic carbocycles. The number of rotatable bonds is 2. The Bertz CT molecular complexity index is 722. The van der Waals surface area contributed by atoms with Crippen molar-refractivity contribution in [3.63, 3.8) is 0 Å². The Hall–Kier alpha value is -1.77. The van der Waals surface area contributed by atoms with Gasteiger partial charge >= 0.3 is 0 Å². The third-order valence-electron chi connectivity index (χ3n) is 4.70. The van der Waals surface area contributed by atoms with E-state index >= 15 is 0 Å². The van der Waals surface area contributed by atoms with Gasteiger partial charge in [-0.15, -0.1) is 0 Å². The maximum Gasteiger partial charge on any atom is 0.151 e. The van der Waals surface area contributed by atoms with Crippen molar-refractivity contribution < 1.29 is 19.3 Å². The van der Waals surface area contributed by atoms with E-state index in [1.807, 2.05) is 6.20 Å². The first-order valence-corrected chi connectivity index (χ1v) is 7.83. The van der Waals surface area contributed by atoms with Gasteiger partial charge in [0.2, 0.25) is 0 Å². The quantitative estimate of drug-likeness (QED) is 0.742. The van der Waals surface area contributed by atoms with Gasteiger partial charge in [-0.3, -0.25) is 0 Å². The zero-order valence-electron chi connectivity index (χ0n) is 12.5. The molecule has 7 nitrogen and oxygen atoms in total. The van der Waals surface area contributed by atoms with Gasteiger partial charge in [0.25, 0.3) is 0 Å². The molecular formula is C15H19FN4O3. The summed E-state index contributed by atoms with van der Waals surface area (Å²) in [7, 11) is 0. The van der Waals surface area contributed by atoms with E-state index in [0.29, 0.717) is 5.65 Å². The van der Waals surface area contributed by atoms with E-state index in [1.165, 1.54) is 6.33 Å². The average Bonchev–Trinajstić information content (AvgIpc) is 2.80. The van der Waals surface area contributed by atoms with Crippen molar-refractivity contribution in [1.29, 1.82) is 0 Å². The van der Waals surface area contributed by atoms with Gasteiger partial charge in [-0.05, 0) is 18.4 Å². The van der Waals surface area contributed by atoms with Crippen molar-refractivity contribution in [2.75, 3.05) is 25.1 Å². The molecule has 23 heavy (non-hydrogen) atoms. The monoisotopic (exact) mass is 322 g/mol. The summed E-state index contributed by atoms with van der Waals surface area (Å²) in [6.07, 6.45) is 1.41.